The van der Waals surface area contributed by atoms with Gasteiger partial charge < -0.3 is 5.32 Å². The van der Waals surface area contributed by atoms with Crippen LogP contribution < -0.4 is 5.32 Å². The van der Waals surface area contributed by atoms with Crippen LogP contribution in [0.5, 0.6) is 0 Å². The van der Waals surface area contributed by atoms with Gasteiger partial charge in [0.1, 0.15) is 16.9 Å². The second-order valence-electron chi connectivity index (χ2n) is 7.04. The Labute approximate surface area is 178 Å². The van der Waals surface area contributed by atoms with E-state index in [0.717, 1.165) is 24.9 Å². The van der Waals surface area contributed by atoms with Gasteiger partial charge in [0.15, 0.2) is 0 Å². The molecule has 1 amide bonds. The molecule has 30 heavy (non-hydrogen) atoms. The van der Waals surface area contributed by atoms with E-state index in [1.807, 2.05) is 12.1 Å². The summed E-state index contributed by atoms with van der Waals surface area (Å²) in [5.41, 5.74) is 3.91. The molecule has 7 heteroatoms. The molecule has 0 spiro atoms. The van der Waals surface area contributed by atoms with E-state index in [-0.39, 0.29) is 5.56 Å². The summed E-state index contributed by atoms with van der Waals surface area (Å²) in [6.45, 7) is 2.17. The zero-order chi connectivity index (χ0) is 21.1. The molecule has 4 aromatic rings. The molecular weight excluding hydrogens is 403 g/mol. The first-order valence-corrected chi connectivity index (χ1v) is 10.1. The molecule has 0 saturated heterocycles. The second-order valence-corrected chi connectivity index (χ2v) is 7.45. The lowest BCUT2D eigenvalue weighted by atomic mass is 10.1. The van der Waals surface area contributed by atoms with Gasteiger partial charge in [0.25, 0.3) is 5.91 Å². The fourth-order valence-electron chi connectivity index (χ4n) is 3.15. The number of rotatable bonds is 6. The van der Waals surface area contributed by atoms with Crippen LogP contribution >= 0.6 is 11.6 Å². The summed E-state index contributed by atoms with van der Waals surface area (Å²) in [7, 11) is 0. The molecular formula is C23H20ClFN4O. The number of unbranched alkanes of at least 4 members (excludes halogenated alkanes) is 1. The van der Waals surface area contributed by atoms with E-state index in [9.17, 15) is 9.18 Å². The van der Waals surface area contributed by atoms with Crippen LogP contribution in [0.15, 0.2) is 60.7 Å². The maximum Gasteiger partial charge on any atom is 0.255 e. The topological polar surface area (TPSA) is 59.8 Å². The minimum atomic E-state index is -0.479. The predicted molar refractivity (Wildman–Crippen MR) is 117 cm³/mol. The molecule has 0 aliphatic rings. The van der Waals surface area contributed by atoms with Crippen LogP contribution in [-0.4, -0.2) is 20.9 Å². The number of nitrogens with zero attached hydrogens (tertiary/aromatic N) is 3. The van der Waals surface area contributed by atoms with Gasteiger partial charge in [-0.05, 0) is 60.9 Å². The number of anilines is 1. The first-order valence-electron chi connectivity index (χ1n) is 9.76. The van der Waals surface area contributed by atoms with Crippen LogP contribution in [0.3, 0.4) is 0 Å². The smallest absolute Gasteiger partial charge is 0.255 e. The number of carbonyl (C=O) groups excluding carboxylic acids is 1. The highest BCUT2D eigenvalue weighted by atomic mass is 35.5. The van der Waals surface area contributed by atoms with E-state index < -0.39 is 11.7 Å². The Kier molecular flexibility index (Phi) is 5.77. The molecule has 3 aromatic carbocycles. The Bertz CT molecular complexity index is 1200. The number of halogens is 2. The summed E-state index contributed by atoms with van der Waals surface area (Å²) in [4.78, 5) is 14.0. The molecule has 1 heterocycles. The lowest BCUT2D eigenvalue weighted by Crippen LogP contribution is -2.12. The third kappa shape index (κ3) is 4.33. The molecule has 0 fully saturated rings. The molecule has 0 bridgehead atoms. The first-order chi connectivity index (χ1) is 14.5. The average Bonchev–Trinajstić information content (AvgIpc) is 3.15. The molecule has 0 aliphatic heterocycles. The molecule has 5 nitrogen and oxygen atoms in total. The fraction of sp³-hybridized carbons (Fsp3) is 0.174. The van der Waals surface area contributed by atoms with Crippen molar-refractivity contribution >= 4 is 34.2 Å². The predicted octanol–water partition coefficient (Wildman–Crippen LogP) is 5.81. The van der Waals surface area contributed by atoms with Crippen molar-refractivity contribution in [2.45, 2.75) is 26.2 Å². The van der Waals surface area contributed by atoms with Crippen molar-refractivity contribution in [2.75, 3.05) is 5.32 Å². The number of carbonyl (C=O) groups is 1. The van der Waals surface area contributed by atoms with Crippen molar-refractivity contribution in [3.63, 3.8) is 0 Å². The van der Waals surface area contributed by atoms with E-state index in [0.29, 0.717) is 21.7 Å². The summed E-state index contributed by atoms with van der Waals surface area (Å²) in [5, 5.41) is 12.0. The molecule has 1 N–H and O–H groups in total. The summed E-state index contributed by atoms with van der Waals surface area (Å²) in [5.74, 6) is -0.932. The number of hydrogen-bond acceptors (Lipinski definition) is 3. The SMILES string of the molecule is CCCCc1ccc(-n2nc3cc(Cl)c(NC(=O)c4cccc(F)c4)cc3n2)cc1. The quantitative estimate of drug-likeness (QED) is 0.426. The number of amides is 1. The maximum absolute atomic E-state index is 13.4. The zero-order valence-electron chi connectivity index (χ0n) is 16.4. The summed E-state index contributed by atoms with van der Waals surface area (Å²) in [6.07, 6.45) is 3.37. The fourth-order valence-corrected chi connectivity index (χ4v) is 3.36. The number of aryl methyl sites for hydroxylation is 1. The lowest BCUT2D eigenvalue weighted by molar-refractivity contribution is 0.102. The van der Waals surface area contributed by atoms with Gasteiger partial charge in [-0.25, -0.2) is 4.39 Å². The van der Waals surface area contributed by atoms with Crippen molar-refractivity contribution in [3.8, 4) is 5.69 Å². The number of aromatic nitrogens is 3. The second kappa shape index (κ2) is 8.63. The van der Waals surface area contributed by atoms with Crippen molar-refractivity contribution in [1.82, 2.24) is 15.0 Å². The van der Waals surface area contributed by atoms with Gasteiger partial charge in [0, 0.05) is 5.56 Å². The molecule has 0 radical (unpaired) electrons. The summed E-state index contributed by atoms with van der Waals surface area (Å²) in [6, 6.07) is 16.9. The highest BCUT2D eigenvalue weighted by molar-refractivity contribution is 6.34. The van der Waals surface area contributed by atoms with Gasteiger partial charge in [-0.15, -0.1) is 10.2 Å². The minimum absolute atomic E-state index is 0.206. The van der Waals surface area contributed by atoms with Crippen LogP contribution in [0.2, 0.25) is 5.02 Å². The Hall–Kier alpha value is -3.25. The molecule has 152 valence electrons. The Morgan fingerprint density at radius 1 is 1.07 bits per heavy atom. The number of hydrogen-bond donors (Lipinski definition) is 1. The summed E-state index contributed by atoms with van der Waals surface area (Å²) < 4.78 is 13.4. The third-order valence-corrected chi connectivity index (χ3v) is 5.10. The van der Waals surface area contributed by atoms with Crippen LogP contribution in [0.1, 0.15) is 35.7 Å². The van der Waals surface area contributed by atoms with Crippen molar-refractivity contribution < 1.29 is 9.18 Å². The minimum Gasteiger partial charge on any atom is -0.321 e. The first kappa shape index (κ1) is 20.0. The van der Waals surface area contributed by atoms with Crippen molar-refractivity contribution in [1.29, 1.82) is 0 Å². The van der Waals surface area contributed by atoms with Crippen molar-refractivity contribution in [2.24, 2.45) is 0 Å². The molecule has 0 aliphatic carbocycles. The number of fused-ring (bicyclic) bond motifs is 1. The monoisotopic (exact) mass is 422 g/mol. The zero-order valence-corrected chi connectivity index (χ0v) is 17.2. The van der Waals surface area contributed by atoms with Gasteiger partial charge >= 0.3 is 0 Å². The Morgan fingerprint density at radius 2 is 1.80 bits per heavy atom. The van der Waals surface area contributed by atoms with Crippen LogP contribution in [0.25, 0.3) is 16.7 Å². The highest BCUT2D eigenvalue weighted by Crippen LogP contribution is 2.27. The molecule has 1 aromatic heterocycles. The molecule has 0 saturated carbocycles. The maximum atomic E-state index is 13.4. The van der Waals surface area contributed by atoms with E-state index in [1.165, 1.54) is 29.8 Å². The number of nitrogens with one attached hydrogen (secondary N) is 1. The van der Waals surface area contributed by atoms with Crippen LogP contribution in [-0.2, 0) is 6.42 Å². The molecule has 0 atom stereocenters. The average molecular weight is 423 g/mol. The van der Waals surface area contributed by atoms with Crippen LogP contribution in [0, 0.1) is 5.82 Å². The van der Waals surface area contributed by atoms with E-state index in [1.54, 1.807) is 16.9 Å². The largest absolute Gasteiger partial charge is 0.321 e. The van der Waals surface area contributed by atoms with Crippen LogP contribution in [0.4, 0.5) is 10.1 Å². The number of benzene rings is 3. The van der Waals surface area contributed by atoms with E-state index in [4.69, 9.17) is 11.6 Å². The third-order valence-electron chi connectivity index (χ3n) is 4.79. The normalized spacial score (nSPS) is 11.0. The Morgan fingerprint density at radius 3 is 2.50 bits per heavy atom. The van der Waals surface area contributed by atoms with Gasteiger partial charge in [-0.2, -0.15) is 4.80 Å². The highest BCUT2D eigenvalue weighted by Gasteiger charge is 2.13. The lowest BCUT2D eigenvalue weighted by Gasteiger charge is -2.07. The molecule has 4 rings (SSSR count). The van der Waals surface area contributed by atoms with Gasteiger partial charge in [0.05, 0.1) is 16.4 Å². The summed E-state index contributed by atoms with van der Waals surface area (Å²) >= 11 is 6.32. The standard InChI is InChI=1S/C23H20ClFN4O/c1-2-3-5-15-8-10-18(11-9-15)29-27-21-13-19(24)20(14-22(21)28-29)26-23(30)16-6-4-7-17(25)12-16/h4,6-14H,2-3,5H2,1H3,(H,26,30). The van der Waals surface area contributed by atoms with E-state index in [2.05, 4.69) is 34.6 Å². The van der Waals surface area contributed by atoms with Gasteiger partial charge in [-0.1, -0.05) is 43.1 Å². The van der Waals surface area contributed by atoms with Gasteiger partial charge in [0.2, 0.25) is 0 Å². The Balaban J connectivity index is 1.59. The van der Waals surface area contributed by atoms with E-state index >= 15 is 0 Å². The van der Waals surface area contributed by atoms with Crippen molar-refractivity contribution in [3.05, 3.63) is 82.6 Å². The van der Waals surface area contributed by atoms with Gasteiger partial charge in [-0.3, -0.25) is 4.79 Å². The molecule has 0 unspecified atom stereocenters.